The summed E-state index contributed by atoms with van der Waals surface area (Å²) in [4.78, 5) is 20.4. The third-order valence-electron chi connectivity index (χ3n) is 1.69. The largest absolute Gasteiger partial charge is 0.360 e. The lowest BCUT2D eigenvalue weighted by atomic mass is 10.5. The van der Waals surface area contributed by atoms with Crippen LogP contribution in [0.1, 0.15) is 5.69 Å². The first-order valence-corrected chi connectivity index (χ1v) is 4.29. The SMILES string of the molecule is CN(C)C(=O)CNc1cnc(C#N)cn1. The maximum atomic E-state index is 11.2. The highest BCUT2D eigenvalue weighted by molar-refractivity contribution is 5.79. The highest BCUT2D eigenvalue weighted by Gasteiger charge is 2.03. The quantitative estimate of drug-likeness (QED) is 0.742. The van der Waals surface area contributed by atoms with Gasteiger partial charge in [0.15, 0.2) is 5.69 Å². The molecule has 0 saturated heterocycles. The number of carbonyl (C=O) groups excluding carboxylic acids is 1. The number of nitrogens with zero attached hydrogens (tertiary/aromatic N) is 4. The number of hydrogen-bond donors (Lipinski definition) is 1. The van der Waals surface area contributed by atoms with E-state index in [1.165, 1.54) is 17.3 Å². The van der Waals surface area contributed by atoms with Gasteiger partial charge in [0.25, 0.3) is 0 Å². The van der Waals surface area contributed by atoms with Gasteiger partial charge in [-0.3, -0.25) is 4.79 Å². The second-order valence-electron chi connectivity index (χ2n) is 3.04. The van der Waals surface area contributed by atoms with Crippen LogP contribution < -0.4 is 5.32 Å². The summed E-state index contributed by atoms with van der Waals surface area (Å²) in [5.74, 6) is 0.422. The molecule has 0 aliphatic heterocycles. The van der Waals surface area contributed by atoms with Crippen LogP contribution in [0.25, 0.3) is 0 Å². The first-order valence-electron chi connectivity index (χ1n) is 4.29. The van der Waals surface area contributed by atoms with Crippen molar-refractivity contribution in [1.82, 2.24) is 14.9 Å². The van der Waals surface area contributed by atoms with Crippen molar-refractivity contribution >= 4 is 11.7 Å². The van der Waals surface area contributed by atoms with Crippen molar-refractivity contribution in [3.63, 3.8) is 0 Å². The van der Waals surface area contributed by atoms with E-state index in [1.54, 1.807) is 14.1 Å². The summed E-state index contributed by atoms with van der Waals surface area (Å²) in [6, 6.07) is 1.86. The van der Waals surface area contributed by atoms with E-state index < -0.39 is 0 Å². The summed E-state index contributed by atoms with van der Waals surface area (Å²) in [6.07, 6.45) is 2.77. The van der Waals surface area contributed by atoms with E-state index in [-0.39, 0.29) is 18.1 Å². The number of aromatic nitrogens is 2. The van der Waals surface area contributed by atoms with E-state index in [0.717, 1.165) is 0 Å². The fourth-order valence-corrected chi connectivity index (χ4v) is 0.801. The smallest absolute Gasteiger partial charge is 0.241 e. The van der Waals surface area contributed by atoms with Gasteiger partial charge >= 0.3 is 0 Å². The molecule has 0 fully saturated rings. The molecule has 15 heavy (non-hydrogen) atoms. The van der Waals surface area contributed by atoms with Crippen LogP contribution in [0.15, 0.2) is 12.4 Å². The van der Waals surface area contributed by atoms with Gasteiger partial charge in [-0.1, -0.05) is 0 Å². The lowest BCUT2D eigenvalue weighted by Gasteiger charge is -2.10. The third-order valence-corrected chi connectivity index (χ3v) is 1.69. The number of amides is 1. The minimum atomic E-state index is -0.0545. The Morgan fingerprint density at radius 1 is 1.53 bits per heavy atom. The molecule has 1 aromatic rings. The molecule has 1 amide bonds. The Labute approximate surface area is 87.6 Å². The number of nitrogens with one attached hydrogen (secondary N) is 1. The molecule has 0 unspecified atom stereocenters. The molecule has 1 aromatic heterocycles. The van der Waals surface area contributed by atoms with Crippen molar-refractivity contribution in [3.05, 3.63) is 18.1 Å². The molecule has 6 heteroatoms. The summed E-state index contributed by atoms with van der Waals surface area (Å²) in [7, 11) is 3.35. The van der Waals surface area contributed by atoms with Crippen LogP contribution in [0, 0.1) is 11.3 Å². The van der Waals surface area contributed by atoms with E-state index in [1.807, 2.05) is 6.07 Å². The summed E-state index contributed by atoms with van der Waals surface area (Å²) >= 11 is 0. The summed E-state index contributed by atoms with van der Waals surface area (Å²) in [5, 5.41) is 11.3. The molecule has 0 radical (unpaired) electrons. The maximum Gasteiger partial charge on any atom is 0.241 e. The molecule has 0 aliphatic carbocycles. The van der Waals surface area contributed by atoms with Crippen LogP contribution >= 0.6 is 0 Å². The minimum Gasteiger partial charge on any atom is -0.360 e. The Bertz CT molecular complexity index is 378. The molecule has 0 saturated carbocycles. The Morgan fingerprint density at radius 2 is 2.27 bits per heavy atom. The van der Waals surface area contributed by atoms with E-state index >= 15 is 0 Å². The topological polar surface area (TPSA) is 81.9 Å². The molecular formula is C9H11N5O. The number of nitriles is 1. The lowest BCUT2D eigenvalue weighted by Crippen LogP contribution is -2.28. The zero-order chi connectivity index (χ0) is 11.3. The van der Waals surface area contributed by atoms with Crippen LogP contribution in [0.2, 0.25) is 0 Å². The fourth-order valence-electron chi connectivity index (χ4n) is 0.801. The maximum absolute atomic E-state index is 11.2. The van der Waals surface area contributed by atoms with E-state index in [0.29, 0.717) is 5.82 Å². The van der Waals surface area contributed by atoms with Crippen molar-refractivity contribution in [1.29, 1.82) is 5.26 Å². The fraction of sp³-hybridized carbons (Fsp3) is 0.333. The number of carbonyl (C=O) groups is 1. The number of rotatable bonds is 3. The predicted octanol–water partition coefficient (Wildman–Crippen LogP) is -0.152. The summed E-state index contributed by atoms with van der Waals surface area (Å²) in [6.45, 7) is 0.160. The monoisotopic (exact) mass is 205 g/mol. The molecule has 0 atom stereocenters. The Kier molecular flexibility index (Phi) is 3.57. The van der Waals surface area contributed by atoms with Gasteiger partial charge in [0, 0.05) is 14.1 Å². The Hall–Kier alpha value is -2.16. The molecule has 0 spiro atoms. The first kappa shape index (κ1) is 10.9. The minimum absolute atomic E-state index is 0.0545. The molecular weight excluding hydrogens is 194 g/mol. The van der Waals surface area contributed by atoms with Crippen LogP contribution in [0.3, 0.4) is 0 Å². The van der Waals surface area contributed by atoms with Gasteiger partial charge in [-0.25, -0.2) is 9.97 Å². The molecule has 0 aliphatic rings. The summed E-state index contributed by atoms with van der Waals surface area (Å²) in [5.41, 5.74) is 0.250. The van der Waals surface area contributed by atoms with Crippen molar-refractivity contribution in [2.45, 2.75) is 0 Å². The second-order valence-corrected chi connectivity index (χ2v) is 3.04. The Morgan fingerprint density at radius 3 is 2.73 bits per heavy atom. The number of likely N-dealkylation sites (N-methyl/N-ethyl adjacent to an activating group) is 1. The van der Waals surface area contributed by atoms with Crippen molar-refractivity contribution in [2.75, 3.05) is 26.0 Å². The number of hydrogen-bond acceptors (Lipinski definition) is 5. The zero-order valence-corrected chi connectivity index (χ0v) is 8.56. The van der Waals surface area contributed by atoms with Gasteiger partial charge < -0.3 is 10.2 Å². The first-order chi connectivity index (χ1) is 7.13. The molecule has 0 aromatic carbocycles. The highest BCUT2D eigenvalue weighted by Crippen LogP contribution is 1.99. The van der Waals surface area contributed by atoms with Crippen LogP contribution in [0.5, 0.6) is 0 Å². The summed E-state index contributed by atoms with van der Waals surface area (Å²) < 4.78 is 0. The van der Waals surface area contributed by atoms with Crippen molar-refractivity contribution in [2.24, 2.45) is 0 Å². The van der Waals surface area contributed by atoms with Gasteiger partial charge in [0.1, 0.15) is 11.9 Å². The standard InChI is InChI=1S/C9H11N5O/c1-14(2)9(15)6-13-8-5-11-7(3-10)4-12-8/h4-5H,6H2,1-2H3,(H,12,13). The van der Waals surface area contributed by atoms with Crippen molar-refractivity contribution in [3.8, 4) is 6.07 Å². The lowest BCUT2D eigenvalue weighted by molar-refractivity contribution is -0.126. The van der Waals surface area contributed by atoms with E-state index in [4.69, 9.17) is 5.26 Å². The number of anilines is 1. The van der Waals surface area contributed by atoms with E-state index in [2.05, 4.69) is 15.3 Å². The zero-order valence-electron chi connectivity index (χ0n) is 8.56. The van der Waals surface area contributed by atoms with Gasteiger partial charge in [0.05, 0.1) is 18.9 Å². The average molecular weight is 205 g/mol. The van der Waals surface area contributed by atoms with Gasteiger partial charge in [-0.05, 0) is 0 Å². The van der Waals surface area contributed by atoms with Crippen LogP contribution in [-0.2, 0) is 4.79 Å². The molecule has 0 bridgehead atoms. The van der Waals surface area contributed by atoms with Crippen LogP contribution in [0.4, 0.5) is 5.82 Å². The molecule has 6 nitrogen and oxygen atoms in total. The molecule has 78 valence electrons. The molecule has 1 N–H and O–H groups in total. The third kappa shape index (κ3) is 3.23. The van der Waals surface area contributed by atoms with Crippen LogP contribution in [-0.4, -0.2) is 41.4 Å². The predicted molar refractivity (Wildman–Crippen MR) is 53.9 cm³/mol. The van der Waals surface area contributed by atoms with Gasteiger partial charge in [0.2, 0.25) is 5.91 Å². The normalized spacial score (nSPS) is 9.13. The average Bonchev–Trinajstić information content (AvgIpc) is 2.26. The molecule has 1 rings (SSSR count). The van der Waals surface area contributed by atoms with E-state index in [9.17, 15) is 4.79 Å². The van der Waals surface area contributed by atoms with Gasteiger partial charge in [-0.15, -0.1) is 0 Å². The van der Waals surface area contributed by atoms with Gasteiger partial charge in [-0.2, -0.15) is 5.26 Å². The molecule has 1 heterocycles. The highest BCUT2D eigenvalue weighted by atomic mass is 16.2. The second kappa shape index (κ2) is 4.91. The van der Waals surface area contributed by atoms with Crippen molar-refractivity contribution < 1.29 is 4.79 Å². The Balaban J connectivity index is 2.52.